The molecule has 1 amide bonds. The molecule has 9 nitrogen and oxygen atoms in total. The minimum Gasteiger partial charge on any atom is -0.481 e. The van der Waals surface area contributed by atoms with Crippen LogP contribution in [-0.2, 0) is 4.79 Å². The van der Waals surface area contributed by atoms with Crippen LogP contribution in [0.3, 0.4) is 0 Å². The number of carboxylic acids is 1. The lowest BCUT2D eigenvalue weighted by Crippen LogP contribution is -2.49. The van der Waals surface area contributed by atoms with E-state index in [0.717, 1.165) is 6.07 Å². The van der Waals surface area contributed by atoms with Crippen molar-refractivity contribution in [3.63, 3.8) is 0 Å². The fourth-order valence-electron chi connectivity index (χ4n) is 5.10. The van der Waals surface area contributed by atoms with Gasteiger partial charge in [-0.2, -0.15) is 0 Å². The van der Waals surface area contributed by atoms with Crippen molar-refractivity contribution in [3.8, 4) is 11.1 Å². The molecular weight excluding hydrogens is 563 g/mol. The van der Waals surface area contributed by atoms with Gasteiger partial charge in [0, 0.05) is 23.6 Å². The molecule has 224 valence electrons. The molecule has 1 heterocycles. The molecule has 0 aliphatic rings. The van der Waals surface area contributed by atoms with Gasteiger partial charge in [0.1, 0.15) is 23.1 Å². The van der Waals surface area contributed by atoms with Gasteiger partial charge in [-0.05, 0) is 72.4 Å². The Morgan fingerprint density at radius 2 is 1.74 bits per heavy atom. The first-order valence-corrected chi connectivity index (χ1v) is 13.6. The Morgan fingerprint density at radius 3 is 2.40 bits per heavy atom. The number of nitrogens with one attached hydrogen (secondary N) is 2. The molecule has 4 rings (SSSR count). The third-order valence-corrected chi connectivity index (χ3v) is 6.93. The monoisotopic (exact) mass is 594 g/mol. The first-order chi connectivity index (χ1) is 20.3. The highest BCUT2D eigenvalue weighted by Gasteiger charge is 2.35. The molecule has 0 saturated carbocycles. The molecule has 2 atom stereocenters. The van der Waals surface area contributed by atoms with E-state index in [-0.39, 0.29) is 28.3 Å². The first-order valence-electron chi connectivity index (χ1n) is 13.6. The van der Waals surface area contributed by atoms with Crippen LogP contribution in [0.2, 0.25) is 0 Å². The van der Waals surface area contributed by atoms with Crippen LogP contribution in [0.4, 0.5) is 13.2 Å². The number of aliphatic carboxylic acids is 1. The molecule has 3 aromatic carbocycles. The van der Waals surface area contributed by atoms with E-state index in [1.165, 1.54) is 30.6 Å². The summed E-state index contributed by atoms with van der Waals surface area (Å²) >= 11 is 0. The smallest absolute Gasteiger partial charge is 0.308 e. The highest BCUT2D eigenvalue weighted by molar-refractivity contribution is 6.05. The number of hydrogen-bond acceptors (Lipinski definition) is 5. The lowest BCUT2D eigenvalue weighted by atomic mass is 9.92. The summed E-state index contributed by atoms with van der Waals surface area (Å²) in [5, 5.41) is 12.9. The van der Waals surface area contributed by atoms with Crippen LogP contribution in [0.25, 0.3) is 22.0 Å². The number of carboxylic acid groups (broad SMARTS) is 1. The molecule has 43 heavy (non-hydrogen) atoms. The molecule has 0 radical (unpaired) electrons. The summed E-state index contributed by atoms with van der Waals surface area (Å²) in [7, 11) is 0. The number of benzene rings is 3. The maximum Gasteiger partial charge on any atom is 0.308 e. The van der Waals surface area contributed by atoms with Crippen molar-refractivity contribution in [1.29, 1.82) is 0 Å². The average Bonchev–Trinajstić information content (AvgIpc) is 2.92. The van der Waals surface area contributed by atoms with E-state index in [0.29, 0.717) is 27.6 Å². The number of nitrogens with zero attached hydrogens (tertiary/aromatic N) is 3. The van der Waals surface area contributed by atoms with Crippen LogP contribution in [0, 0.1) is 42.1 Å². The normalized spacial score (nSPS) is 12.7. The summed E-state index contributed by atoms with van der Waals surface area (Å²) < 4.78 is 44.1. The van der Waals surface area contributed by atoms with Crippen LogP contribution < -0.4 is 10.7 Å². The molecule has 0 unspecified atom stereocenters. The van der Waals surface area contributed by atoms with E-state index >= 15 is 4.39 Å². The van der Waals surface area contributed by atoms with Gasteiger partial charge >= 0.3 is 12.1 Å². The quantitative estimate of drug-likeness (QED) is 0.112. The fourth-order valence-corrected chi connectivity index (χ4v) is 5.10. The number of hydrazine groups is 1. The zero-order valence-electron chi connectivity index (χ0n) is 24.0. The number of carbonyl (C=O) groups excluding carboxylic acids is 1. The molecule has 0 aliphatic heterocycles. The second-order valence-electron chi connectivity index (χ2n) is 10.8. The van der Waals surface area contributed by atoms with Crippen molar-refractivity contribution in [2.45, 2.75) is 52.7 Å². The van der Waals surface area contributed by atoms with Crippen molar-refractivity contribution in [2.75, 3.05) is 0 Å². The zero-order chi connectivity index (χ0) is 31.4. The molecule has 0 bridgehead atoms. The number of fused-ring (bicyclic) bond motifs is 1. The minimum absolute atomic E-state index is 0.0988. The predicted octanol–water partition coefficient (Wildman–Crippen LogP) is 5.93. The Kier molecular flexibility index (Phi) is 9.37. The molecule has 12 heteroatoms. The second kappa shape index (κ2) is 13.0. The molecule has 0 spiro atoms. The van der Waals surface area contributed by atoms with Crippen LogP contribution >= 0.6 is 0 Å². The van der Waals surface area contributed by atoms with E-state index in [4.69, 9.17) is 0 Å². The number of amides is 1. The van der Waals surface area contributed by atoms with E-state index < -0.39 is 53.5 Å². The Morgan fingerprint density at radius 1 is 1.05 bits per heavy atom. The zero-order valence-corrected chi connectivity index (χ0v) is 24.0. The van der Waals surface area contributed by atoms with E-state index in [9.17, 15) is 28.4 Å². The number of hydrogen-bond donors (Lipinski definition) is 3. The highest BCUT2D eigenvalue weighted by atomic mass is 19.2. The van der Waals surface area contributed by atoms with Gasteiger partial charge in [-0.1, -0.05) is 26.0 Å². The number of para-hydroxylation sites is 1. The molecule has 4 aromatic rings. The summed E-state index contributed by atoms with van der Waals surface area (Å²) in [5.41, 5.74) is 4.13. The van der Waals surface area contributed by atoms with Gasteiger partial charge in [0.25, 0.3) is 5.91 Å². The van der Waals surface area contributed by atoms with Gasteiger partial charge in [-0.3, -0.25) is 14.9 Å². The summed E-state index contributed by atoms with van der Waals surface area (Å²) in [6.45, 7) is 6.86. The number of rotatable bonds is 11. The fraction of sp³-hybridized carbons (Fsp3) is 0.290. The van der Waals surface area contributed by atoms with Crippen molar-refractivity contribution >= 4 is 22.8 Å². The number of nitroso groups, excluding NO2 is 1. The standard InChI is InChI=1S/C31H30F3N5O4/c1-16(2)8-26(37-31(42)22-7-5-6-19-14-35-15-36-30(19)22)39(43)38-25(13-27(40)41)23-11-20(12-24(33)29(23)34)28-17(3)9-21(32)10-18(28)4/h5-7,9-12,14-16,25-26H,8,13H2,1-4H3,(H2-,37,38,40,41,42,43)/p+1/t25-,26+/m0/s1. The van der Waals surface area contributed by atoms with Crippen LogP contribution in [-0.4, -0.2) is 38.0 Å². The van der Waals surface area contributed by atoms with Gasteiger partial charge in [0.05, 0.1) is 22.4 Å². The lowest BCUT2D eigenvalue weighted by Gasteiger charge is -2.20. The highest BCUT2D eigenvalue weighted by Crippen LogP contribution is 2.33. The minimum atomic E-state index is -1.53. The summed E-state index contributed by atoms with van der Waals surface area (Å²) in [6.07, 6.45) is 0.951. The molecule has 1 aromatic heterocycles. The van der Waals surface area contributed by atoms with Gasteiger partial charge in [0.15, 0.2) is 11.6 Å². The third kappa shape index (κ3) is 7.14. The second-order valence-corrected chi connectivity index (χ2v) is 10.8. The third-order valence-electron chi connectivity index (χ3n) is 6.93. The van der Waals surface area contributed by atoms with Crippen LogP contribution in [0.15, 0.2) is 55.0 Å². The molecule has 3 N–H and O–H groups in total. The molecule has 0 aliphatic carbocycles. The Labute approximate surface area is 245 Å². The maximum absolute atomic E-state index is 15.2. The number of aromatic nitrogens is 2. The molecular formula is C31H31F3N5O4+. The van der Waals surface area contributed by atoms with Crippen molar-refractivity contribution in [3.05, 3.63) is 99.6 Å². The predicted molar refractivity (Wildman–Crippen MR) is 153 cm³/mol. The Bertz CT molecular complexity index is 1680. The van der Waals surface area contributed by atoms with E-state index in [1.54, 1.807) is 32.2 Å². The van der Waals surface area contributed by atoms with Crippen molar-refractivity contribution < 1.29 is 32.7 Å². The molecule has 0 fully saturated rings. The Hall–Kier alpha value is -4.87. The molecule has 0 saturated heterocycles. The van der Waals surface area contributed by atoms with Crippen LogP contribution in [0.1, 0.15) is 59.8 Å². The lowest BCUT2D eigenvalue weighted by molar-refractivity contribution is -0.652. The maximum atomic E-state index is 15.2. The van der Waals surface area contributed by atoms with E-state index in [2.05, 4.69) is 20.7 Å². The van der Waals surface area contributed by atoms with Crippen LogP contribution in [0.5, 0.6) is 0 Å². The average molecular weight is 595 g/mol. The number of halogens is 3. The van der Waals surface area contributed by atoms with Crippen molar-refractivity contribution in [1.82, 2.24) is 20.7 Å². The summed E-state index contributed by atoms with van der Waals surface area (Å²) in [5.74, 6) is -5.20. The van der Waals surface area contributed by atoms with Gasteiger partial charge < -0.3 is 5.11 Å². The summed E-state index contributed by atoms with van der Waals surface area (Å²) in [4.78, 5) is 46.9. The number of aryl methyl sites for hydroxylation is 2. The van der Waals surface area contributed by atoms with E-state index in [1.807, 2.05) is 13.8 Å². The van der Waals surface area contributed by atoms with Gasteiger partial charge in [-0.15, -0.1) is 5.43 Å². The topological polar surface area (TPSA) is 124 Å². The SMILES string of the molecule is Cc1cc(F)cc(C)c1-c1cc(F)c(F)c([C@H](CC(=O)O)N[N+](=O)[C@H](CC(C)C)NC(=O)c2cccc3cncnc23)c1. The van der Waals surface area contributed by atoms with Gasteiger partial charge in [-0.25, -0.2) is 23.1 Å². The van der Waals surface area contributed by atoms with Crippen molar-refractivity contribution in [2.24, 2.45) is 5.92 Å². The number of carbonyl (C=O) groups is 2. The van der Waals surface area contributed by atoms with Gasteiger partial charge in [0.2, 0.25) is 0 Å². The first kappa shape index (κ1) is 31.1. The summed E-state index contributed by atoms with van der Waals surface area (Å²) in [6, 6.07) is 8.06. The largest absolute Gasteiger partial charge is 0.481 e. The Balaban J connectivity index is 1.69.